The van der Waals surface area contributed by atoms with Gasteiger partial charge in [0.15, 0.2) is 5.69 Å². The molecule has 1 unspecified atom stereocenters. The Hall–Kier alpha value is -1.47. The number of nitrogens with zero attached hydrogens (tertiary/aromatic N) is 5. The van der Waals surface area contributed by atoms with Crippen molar-refractivity contribution in [2.24, 2.45) is 0 Å². The maximum Gasteiger partial charge on any atom is 0.358 e. The molecule has 0 aliphatic carbocycles. The van der Waals surface area contributed by atoms with Gasteiger partial charge in [-0.25, -0.2) is 4.79 Å². The monoisotopic (exact) mass is 281 g/mol. The Bertz CT molecular complexity index is 440. The van der Waals surface area contributed by atoms with Crippen LogP contribution in [0, 0.1) is 0 Å². The fraction of sp³-hybridized carbons (Fsp3) is 0.769. The van der Waals surface area contributed by atoms with E-state index in [-0.39, 0.29) is 5.69 Å². The summed E-state index contributed by atoms with van der Waals surface area (Å²) in [5, 5.41) is 16.2. The van der Waals surface area contributed by atoms with Gasteiger partial charge < -0.3 is 5.11 Å². The zero-order valence-corrected chi connectivity index (χ0v) is 12.2. The van der Waals surface area contributed by atoms with Gasteiger partial charge in [0, 0.05) is 38.8 Å². The van der Waals surface area contributed by atoms with Gasteiger partial charge >= 0.3 is 5.97 Å². The average molecular weight is 281 g/mol. The van der Waals surface area contributed by atoms with Crippen molar-refractivity contribution in [3.05, 3.63) is 11.9 Å². The number of hydrogen-bond donors (Lipinski definition) is 1. The molecule has 2 heterocycles. The molecule has 0 aromatic carbocycles. The van der Waals surface area contributed by atoms with Crippen molar-refractivity contribution in [3.8, 4) is 0 Å². The van der Waals surface area contributed by atoms with Crippen LogP contribution in [-0.4, -0.2) is 74.6 Å². The van der Waals surface area contributed by atoms with Crippen LogP contribution >= 0.6 is 0 Å². The normalized spacial score (nSPS) is 19.1. The molecule has 0 radical (unpaired) electrons. The average Bonchev–Trinajstić information content (AvgIpc) is 2.94. The zero-order valence-electron chi connectivity index (χ0n) is 12.2. The Morgan fingerprint density at radius 3 is 2.60 bits per heavy atom. The minimum atomic E-state index is -1.03. The van der Waals surface area contributed by atoms with Gasteiger partial charge in [-0.15, -0.1) is 5.10 Å². The summed E-state index contributed by atoms with van der Waals surface area (Å²) in [6.45, 7) is 10.4. The third-order valence-electron chi connectivity index (χ3n) is 4.02. The van der Waals surface area contributed by atoms with Gasteiger partial charge in [-0.2, -0.15) is 0 Å². The molecule has 1 aliphatic rings. The second-order valence-electron chi connectivity index (χ2n) is 5.31. The first-order chi connectivity index (χ1) is 9.60. The number of aromatic nitrogens is 3. The van der Waals surface area contributed by atoms with Crippen LogP contribution in [0.25, 0.3) is 0 Å². The molecule has 1 aromatic rings. The third kappa shape index (κ3) is 3.77. The number of carboxylic acid groups (broad SMARTS) is 1. The van der Waals surface area contributed by atoms with Gasteiger partial charge in [0.1, 0.15) is 0 Å². The predicted octanol–water partition coefficient (Wildman–Crippen LogP) is 0.392. The van der Waals surface area contributed by atoms with Crippen molar-refractivity contribution in [2.75, 3.05) is 32.7 Å². The minimum Gasteiger partial charge on any atom is -0.476 e. The first-order valence-electron chi connectivity index (χ1n) is 7.20. The SMILES string of the molecule is CCC(C)N1CCN(CCn2cc(C(=O)O)nn2)CC1. The molecule has 0 spiro atoms. The number of hydrogen-bond acceptors (Lipinski definition) is 5. The van der Waals surface area contributed by atoms with Gasteiger partial charge in [-0.05, 0) is 13.3 Å². The molecular formula is C13H23N5O2. The summed E-state index contributed by atoms with van der Waals surface area (Å²) < 4.78 is 1.60. The van der Waals surface area contributed by atoms with Crippen LogP contribution in [0.4, 0.5) is 0 Å². The van der Waals surface area contributed by atoms with Gasteiger partial charge in [0.25, 0.3) is 0 Å². The lowest BCUT2D eigenvalue weighted by molar-refractivity contribution is 0.0690. The van der Waals surface area contributed by atoms with Crippen LogP contribution < -0.4 is 0 Å². The van der Waals surface area contributed by atoms with Gasteiger partial charge in [0.2, 0.25) is 0 Å². The predicted molar refractivity (Wildman–Crippen MR) is 74.7 cm³/mol. The molecule has 1 saturated heterocycles. The maximum atomic E-state index is 10.7. The Labute approximate surface area is 119 Å². The van der Waals surface area contributed by atoms with E-state index in [1.54, 1.807) is 4.68 Å². The van der Waals surface area contributed by atoms with E-state index in [9.17, 15) is 4.79 Å². The first kappa shape index (κ1) is 14.9. The highest BCUT2D eigenvalue weighted by atomic mass is 16.4. The smallest absolute Gasteiger partial charge is 0.358 e. The molecule has 7 nitrogen and oxygen atoms in total. The van der Waals surface area contributed by atoms with E-state index >= 15 is 0 Å². The molecule has 1 aromatic heterocycles. The molecule has 1 N–H and O–H groups in total. The fourth-order valence-corrected chi connectivity index (χ4v) is 2.44. The van der Waals surface area contributed by atoms with E-state index in [1.165, 1.54) is 12.6 Å². The summed E-state index contributed by atoms with van der Waals surface area (Å²) in [5.74, 6) is -1.03. The summed E-state index contributed by atoms with van der Waals surface area (Å²) in [7, 11) is 0. The second kappa shape index (κ2) is 6.81. The number of carboxylic acids is 1. The van der Waals surface area contributed by atoms with Crippen LogP contribution in [0.3, 0.4) is 0 Å². The van der Waals surface area contributed by atoms with E-state index in [4.69, 9.17) is 5.11 Å². The summed E-state index contributed by atoms with van der Waals surface area (Å²) in [6.07, 6.45) is 2.68. The maximum absolute atomic E-state index is 10.7. The number of rotatable bonds is 6. The Kier molecular flexibility index (Phi) is 5.08. The molecule has 20 heavy (non-hydrogen) atoms. The molecule has 0 bridgehead atoms. The Morgan fingerprint density at radius 1 is 1.35 bits per heavy atom. The quantitative estimate of drug-likeness (QED) is 0.813. The first-order valence-corrected chi connectivity index (χ1v) is 7.20. The fourth-order valence-electron chi connectivity index (χ4n) is 2.44. The number of piperazine rings is 1. The molecule has 1 aliphatic heterocycles. The Balaban J connectivity index is 1.74. The van der Waals surface area contributed by atoms with Crippen LogP contribution in [0.15, 0.2) is 6.20 Å². The van der Waals surface area contributed by atoms with Crippen LogP contribution in [-0.2, 0) is 6.54 Å². The van der Waals surface area contributed by atoms with E-state index in [0.717, 1.165) is 32.7 Å². The lowest BCUT2D eigenvalue weighted by Gasteiger charge is -2.37. The summed E-state index contributed by atoms with van der Waals surface area (Å²) in [5.41, 5.74) is 0.00610. The highest BCUT2D eigenvalue weighted by molar-refractivity contribution is 5.84. The van der Waals surface area contributed by atoms with Crippen LogP contribution in [0.2, 0.25) is 0 Å². The van der Waals surface area contributed by atoms with Crippen molar-refractivity contribution in [1.29, 1.82) is 0 Å². The minimum absolute atomic E-state index is 0.00610. The molecule has 0 amide bonds. The van der Waals surface area contributed by atoms with Gasteiger partial charge in [-0.3, -0.25) is 14.5 Å². The van der Waals surface area contributed by atoms with Crippen molar-refractivity contribution in [3.63, 3.8) is 0 Å². The van der Waals surface area contributed by atoms with E-state index in [0.29, 0.717) is 12.6 Å². The van der Waals surface area contributed by atoms with Crippen molar-refractivity contribution >= 4 is 5.97 Å². The number of aromatic carboxylic acids is 1. The lowest BCUT2D eigenvalue weighted by Crippen LogP contribution is -2.50. The molecule has 1 atom stereocenters. The van der Waals surface area contributed by atoms with Gasteiger partial charge in [-0.1, -0.05) is 12.1 Å². The largest absolute Gasteiger partial charge is 0.476 e. The van der Waals surface area contributed by atoms with Gasteiger partial charge in [0.05, 0.1) is 12.7 Å². The van der Waals surface area contributed by atoms with E-state index in [1.807, 2.05) is 0 Å². The van der Waals surface area contributed by atoms with E-state index in [2.05, 4.69) is 34.0 Å². The molecule has 1 fully saturated rings. The highest BCUT2D eigenvalue weighted by Gasteiger charge is 2.19. The molecule has 112 valence electrons. The molecule has 7 heteroatoms. The summed E-state index contributed by atoms with van der Waals surface area (Å²) in [4.78, 5) is 15.6. The summed E-state index contributed by atoms with van der Waals surface area (Å²) in [6, 6.07) is 0.658. The topological polar surface area (TPSA) is 74.5 Å². The Morgan fingerprint density at radius 2 is 2.05 bits per heavy atom. The molecular weight excluding hydrogens is 258 g/mol. The zero-order chi connectivity index (χ0) is 14.5. The third-order valence-corrected chi connectivity index (χ3v) is 4.02. The van der Waals surface area contributed by atoms with Crippen LogP contribution in [0.1, 0.15) is 30.8 Å². The van der Waals surface area contributed by atoms with Crippen molar-refractivity contribution < 1.29 is 9.90 Å². The molecule has 0 saturated carbocycles. The van der Waals surface area contributed by atoms with Crippen molar-refractivity contribution in [1.82, 2.24) is 24.8 Å². The van der Waals surface area contributed by atoms with Crippen LogP contribution in [0.5, 0.6) is 0 Å². The van der Waals surface area contributed by atoms with E-state index < -0.39 is 5.97 Å². The number of carbonyl (C=O) groups is 1. The lowest BCUT2D eigenvalue weighted by atomic mass is 10.2. The standard InChI is InChI=1S/C13H23N5O2/c1-3-11(2)17-7-4-16(5-8-17)6-9-18-10-12(13(19)20)14-15-18/h10-11H,3-9H2,1-2H3,(H,19,20). The summed E-state index contributed by atoms with van der Waals surface area (Å²) >= 11 is 0. The second-order valence-corrected chi connectivity index (χ2v) is 5.31. The van der Waals surface area contributed by atoms with Crippen molar-refractivity contribution in [2.45, 2.75) is 32.9 Å². The molecule has 2 rings (SSSR count). The highest BCUT2D eigenvalue weighted by Crippen LogP contribution is 2.08.